The van der Waals surface area contributed by atoms with E-state index in [1.807, 2.05) is 12.1 Å². The van der Waals surface area contributed by atoms with Gasteiger partial charge in [0.05, 0.1) is 23.7 Å². The van der Waals surface area contributed by atoms with Gasteiger partial charge in [-0.05, 0) is 36.8 Å². The normalized spacial score (nSPS) is 25.4. The number of carboxylic acid groups (broad SMARTS) is 1. The summed E-state index contributed by atoms with van der Waals surface area (Å²) in [4.78, 5) is 15.7. The molecule has 1 aromatic heterocycles. The van der Waals surface area contributed by atoms with Gasteiger partial charge in [0.25, 0.3) is 6.47 Å². The van der Waals surface area contributed by atoms with E-state index in [-0.39, 0.29) is 12.6 Å². The summed E-state index contributed by atoms with van der Waals surface area (Å²) in [6.45, 7) is 7.52. The number of hydrogen-bond acceptors (Lipinski definition) is 4. The largest absolute Gasteiger partial charge is 0.483 e. The van der Waals surface area contributed by atoms with Crippen LogP contribution in [0.25, 0.3) is 11.0 Å². The van der Waals surface area contributed by atoms with Gasteiger partial charge in [-0.1, -0.05) is 18.2 Å². The van der Waals surface area contributed by atoms with E-state index >= 15 is 0 Å². The van der Waals surface area contributed by atoms with Crippen LogP contribution in [0.2, 0.25) is 0 Å². The molecule has 2 aromatic rings. The Morgan fingerprint density at radius 3 is 2.52 bits per heavy atom. The van der Waals surface area contributed by atoms with Crippen LogP contribution < -0.4 is 0 Å². The molecule has 1 aliphatic carbocycles. The Morgan fingerprint density at radius 1 is 1.24 bits per heavy atom. The molecule has 2 aliphatic rings. The number of nitrogens with zero attached hydrogens (tertiary/aromatic N) is 3. The highest BCUT2D eigenvalue weighted by molar-refractivity contribution is 5.75. The van der Waals surface area contributed by atoms with E-state index in [1.165, 1.54) is 5.52 Å². The monoisotopic (exact) mass is 343 g/mol. The lowest BCUT2D eigenvalue weighted by molar-refractivity contribution is -0.122. The first kappa shape index (κ1) is 17.6. The Morgan fingerprint density at radius 2 is 1.88 bits per heavy atom. The first-order chi connectivity index (χ1) is 12.2. The molecule has 1 unspecified atom stereocenters. The molecule has 1 saturated carbocycles. The Hall–Kier alpha value is -2.18. The zero-order valence-corrected chi connectivity index (χ0v) is 14.3. The Labute approximate surface area is 147 Å². The van der Waals surface area contributed by atoms with E-state index in [4.69, 9.17) is 14.9 Å². The van der Waals surface area contributed by atoms with Crippen LogP contribution in [-0.4, -0.2) is 50.3 Å². The summed E-state index contributed by atoms with van der Waals surface area (Å²) in [6.07, 6.45) is 3.82. The second kappa shape index (κ2) is 7.80. The fraction of sp³-hybridized carbons (Fsp3) is 0.474. The van der Waals surface area contributed by atoms with Crippen molar-refractivity contribution < 1.29 is 15.0 Å². The molecule has 1 aromatic carbocycles. The minimum absolute atomic E-state index is 0.0671. The lowest BCUT2D eigenvalue weighted by Gasteiger charge is -2.18. The fourth-order valence-corrected chi connectivity index (χ4v) is 4.27. The third-order valence-corrected chi connectivity index (χ3v) is 5.21. The predicted molar refractivity (Wildman–Crippen MR) is 96.1 cm³/mol. The maximum Gasteiger partial charge on any atom is 0.290 e. The van der Waals surface area contributed by atoms with Crippen LogP contribution in [0.5, 0.6) is 0 Å². The average molecular weight is 343 g/mol. The number of hydrogen-bond donors (Lipinski definition) is 2. The Kier molecular flexibility index (Phi) is 5.50. The molecule has 0 radical (unpaired) electrons. The number of para-hydroxylation sites is 2. The molecule has 6 heteroatoms. The molecule has 2 fully saturated rings. The Balaban J connectivity index is 0.000000569. The molecule has 134 valence electrons. The lowest BCUT2D eigenvalue weighted by Crippen LogP contribution is -2.24. The zero-order valence-electron chi connectivity index (χ0n) is 14.3. The molecule has 6 nitrogen and oxygen atoms in total. The summed E-state index contributed by atoms with van der Waals surface area (Å²) in [5.74, 6) is 2.47. The standard InChI is InChI=1S/C18H23N3O.CH2O2/c1-2-7-21-17-6-4-3-5-16(17)19-18(21)12-20-10-13-8-15(22)9-14(13)11-20;2-1-3/h2-6,13-15,22H,1,7-12H2;1H,(H,2,3)/t13-,14+,15?;. The minimum Gasteiger partial charge on any atom is -0.483 e. The minimum atomic E-state index is -0.250. The van der Waals surface area contributed by atoms with Crippen molar-refractivity contribution in [2.45, 2.75) is 32.0 Å². The van der Waals surface area contributed by atoms with Crippen LogP contribution in [-0.2, 0) is 17.9 Å². The molecule has 2 heterocycles. The van der Waals surface area contributed by atoms with Gasteiger partial charge in [-0.15, -0.1) is 6.58 Å². The number of carbonyl (C=O) groups is 1. The number of allylic oxidation sites excluding steroid dienone is 1. The van der Waals surface area contributed by atoms with Crippen molar-refractivity contribution in [2.24, 2.45) is 11.8 Å². The maximum atomic E-state index is 9.77. The van der Waals surface area contributed by atoms with Crippen LogP contribution in [0.1, 0.15) is 18.7 Å². The van der Waals surface area contributed by atoms with Gasteiger partial charge in [0.15, 0.2) is 0 Å². The van der Waals surface area contributed by atoms with Crippen molar-refractivity contribution in [2.75, 3.05) is 13.1 Å². The van der Waals surface area contributed by atoms with Gasteiger partial charge >= 0.3 is 0 Å². The SMILES string of the molecule is C=CCn1c(CN2C[C@H]3CC(O)C[C@H]3C2)nc2ccccc21.O=CO. The first-order valence-corrected chi connectivity index (χ1v) is 8.69. The van der Waals surface area contributed by atoms with Gasteiger partial charge in [0.2, 0.25) is 0 Å². The summed E-state index contributed by atoms with van der Waals surface area (Å²) in [7, 11) is 0. The van der Waals surface area contributed by atoms with Crippen molar-refractivity contribution in [3.8, 4) is 0 Å². The Bertz CT molecular complexity index is 729. The molecule has 4 rings (SSSR count). The summed E-state index contributed by atoms with van der Waals surface area (Å²) >= 11 is 0. The highest BCUT2D eigenvalue weighted by Gasteiger charge is 2.40. The third kappa shape index (κ3) is 3.75. The van der Waals surface area contributed by atoms with Crippen LogP contribution in [0, 0.1) is 11.8 Å². The van der Waals surface area contributed by atoms with E-state index in [2.05, 4.69) is 34.2 Å². The zero-order chi connectivity index (χ0) is 17.8. The van der Waals surface area contributed by atoms with Gasteiger partial charge in [-0.25, -0.2) is 4.98 Å². The fourth-order valence-electron chi connectivity index (χ4n) is 4.27. The van der Waals surface area contributed by atoms with Crippen molar-refractivity contribution >= 4 is 17.5 Å². The van der Waals surface area contributed by atoms with Crippen molar-refractivity contribution in [1.29, 1.82) is 0 Å². The van der Waals surface area contributed by atoms with Crippen LogP contribution in [0.3, 0.4) is 0 Å². The average Bonchev–Trinajstić information content (AvgIpc) is 3.20. The predicted octanol–water partition coefficient (Wildman–Crippen LogP) is 2.13. The molecule has 3 atom stereocenters. The molecule has 0 spiro atoms. The van der Waals surface area contributed by atoms with Crippen molar-refractivity contribution in [3.05, 3.63) is 42.7 Å². The van der Waals surface area contributed by atoms with E-state index in [0.717, 1.165) is 50.4 Å². The summed E-state index contributed by atoms with van der Waals surface area (Å²) in [6, 6.07) is 8.31. The molecule has 25 heavy (non-hydrogen) atoms. The number of fused-ring (bicyclic) bond motifs is 2. The number of benzene rings is 1. The second-order valence-electron chi connectivity index (χ2n) is 6.86. The summed E-state index contributed by atoms with van der Waals surface area (Å²) in [5, 5.41) is 16.7. The van der Waals surface area contributed by atoms with E-state index in [1.54, 1.807) is 0 Å². The van der Waals surface area contributed by atoms with E-state index in [0.29, 0.717) is 11.8 Å². The quantitative estimate of drug-likeness (QED) is 0.657. The molecule has 1 saturated heterocycles. The second-order valence-corrected chi connectivity index (χ2v) is 6.86. The molecule has 0 bridgehead atoms. The van der Waals surface area contributed by atoms with Gasteiger partial charge < -0.3 is 14.8 Å². The number of aliphatic hydroxyl groups excluding tert-OH is 1. The third-order valence-electron chi connectivity index (χ3n) is 5.21. The van der Waals surface area contributed by atoms with Crippen molar-refractivity contribution in [3.63, 3.8) is 0 Å². The van der Waals surface area contributed by atoms with Gasteiger partial charge in [0, 0.05) is 19.6 Å². The number of aliphatic hydroxyl groups is 1. The van der Waals surface area contributed by atoms with Crippen LogP contribution in [0.15, 0.2) is 36.9 Å². The smallest absolute Gasteiger partial charge is 0.290 e. The van der Waals surface area contributed by atoms with E-state index in [9.17, 15) is 5.11 Å². The van der Waals surface area contributed by atoms with Gasteiger partial charge in [-0.3, -0.25) is 9.69 Å². The lowest BCUT2D eigenvalue weighted by atomic mass is 10.0. The van der Waals surface area contributed by atoms with Crippen LogP contribution >= 0.6 is 0 Å². The number of imidazole rings is 1. The summed E-state index contributed by atoms with van der Waals surface area (Å²) in [5.41, 5.74) is 2.25. The molecule has 0 amide bonds. The first-order valence-electron chi connectivity index (χ1n) is 8.69. The highest BCUT2D eigenvalue weighted by atomic mass is 16.3. The summed E-state index contributed by atoms with van der Waals surface area (Å²) < 4.78 is 2.27. The molecular weight excluding hydrogens is 318 g/mol. The molecular formula is C19H25N3O3. The highest BCUT2D eigenvalue weighted by Crippen LogP contribution is 2.38. The number of rotatable bonds is 4. The topological polar surface area (TPSA) is 78.6 Å². The van der Waals surface area contributed by atoms with Crippen molar-refractivity contribution in [1.82, 2.24) is 14.5 Å². The van der Waals surface area contributed by atoms with Gasteiger partial charge in [0.1, 0.15) is 5.82 Å². The van der Waals surface area contributed by atoms with Crippen LogP contribution in [0.4, 0.5) is 0 Å². The molecule has 2 N–H and O–H groups in total. The molecule has 1 aliphatic heterocycles. The van der Waals surface area contributed by atoms with E-state index < -0.39 is 0 Å². The maximum absolute atomic E-state index is 9.77. The number of likely N-dealkylation sites (tertiary alicyclic amines) is 1. The van der Waals surface area contributed by atoms with Gasteiger partial charge in [-0.2, -0.15) is 0 Å². The number of aromatic nitrogens is 2.